The number of thioether (sulfide) groups is 1. The Morgan fingerprint density at radius 1 is 1.60 bits per heavy atom. The van der Waals surface area contributed by atoms with Crippen LogP contribution < -0.4 is 16.2 Å². The van der Waals surface area contributed by atoms with Crippen molar-refractivity contribution < 1.29 is 0 Å². The second-order valence-electron chi connectivity index (χ2n) is 3.53. The molecule has 1 saturated heterocycles. The number of anilines is 2. The maximum atomic E-state index is 5.31. The zero-order chi connectivity index (χ0) is 10.7. The summed E-state index contributed by atoms with van der Waals surface area (Å²) in [5, 5.41) is 0.656. The standard InChI is InChI=1S/C9H15N5S/c1-7-5-14(2-3-15-7)9-4-8(13-10)11-6-12-9/h4,6-7H,2-3,5,10H2,1H3,(H,11,12,13). The van der Waals surface area contributed by atoms with Crippen LogP contribution in [0.15, 0.2) is 12.4 Å². The molecule has 0 spiro atoms. The van der Waals surface area contributed by atoms with E-state index in [0.29, 0.717) is 11.1 Å². The molecule has 15 heavy (non-hydrogen) atoms. The van der Waals surface area contributed by atoms with Crippen LogP contribution in [-0.4, -0.2) is 34.1 Å². The molecule has 2 rings (SSSR count). The lowest BCUT2D eigenvalue weighted by Gasteiger charge is -2.31. The predicted molar refractivity (Wildman–Crippen MR) is 64.0 cm³/mol. The molecular formula is C9H15N5S. The molecule has 1 aromatic rings. The van der Waals surface area contributed by atoms with E-state index in [1.165, 1.54) is 6.33 Å². The van der Waals surface area contributed by atoms with E-state index in [1.54, 1.807) is 0 Å². The number of nitrogens with zero attached hydrogens (tertiary/aromatic N) is 3. The number of rotatable bonds is 2. The third-order valence-corrected chi connectivity index (χ3v) is 3.50. The Morgan fingerprint density at radius 2 is 2.47 bits per heavy atom. The molecule has 1 aromatic heterocycles. The highest BCUT2D eigenvalue weighted by Gasteiger charge is 2.18. The molecule has 1 unspecified atom stereocenters. The summed E-state index contributed by atoms with van der Waals surface area (Å²) in [5.74, 6) is 8.07. The molecule has 3 N–H and O–H groups in total. The lowest BCUT2D eigenvalue weighted by atomic mass is 10.3. The smallest absolute Gasteiger partial charge is 0.145 e. The van der Waals surface area contributed by atoms with Crippen LogP contribution in [0.4, 0.5) is 11.6 Å². The van der Waals surface area contributed by atoms with Gasteiger partial charge in [0.2, 0.25) is 0 Å². The molecule has 0 aliphatic carbocycles. The molecule has 0 radical (unpaired) electrons. The lowest BCUT2D eigenvalue weighted by Crippen LogP contribution is -2.37. The maximum absolute atomic E-state index is 5.31. The topological polar surface area (TPSA) is 67.1 Å². The summed E-state index contributed by atoms with van der Waals surface area (Å²) in [6.45, 7) is 4.31. The average molecular weight is 225 g/mol. The second kappa shape index (κ2) is 4.67. The van der Waals surface area contributed by atoms with Gasteiger partial charge in [-0.3, -0.25) is 0 Å². The fourth-order valence-electron chi connectivity index (χ4n) is 1.63. The van der Waals surface area contributed by atoms with E-state index >= 15 is 0 Å². The van der Waals surface area contributed by atoms with Gasteiger partial charge in [-0.05, 0) is 0 Å². The monoisotopic (exact) mass is 225 g/mol. The van der Waals surface area contributed by atoms with E-state index in [2.05, 4.69) is 27.2 Å². The van der Waals surface area contributed by atoms with Gasteiger partial charge in [-0.15, -0.1) is 0 Å². The molecule has 5 nitrogen and oxygen atoms in total. The van der Waals surface area contributed by atoms with Crippen LogP contribution in [-0.2, 0) is 0 Å². The Kier molecular flexibility index (Phi) is 3.27. The van der Waals surface area contributed by atoms with E-state index in [9.17, 15) is 0 Å². The van der Waals surface area contributed by atoms with Crippen LogP contribution in [0.5, 0.6) is 0 Å². The molecule has 2 heterocycles. The van der Waals surface area contributed by atoms with Gasteiger partial charge in [-0.2, -0.15) is 11.8 Å². The van der Waals surface area contributed by atoms with E-state index in [1.807, 2.05) is 17.8 Å². The van der Waals surface area contributed by atoms with Crippen molar-refractivity contribution in [3.63, 3.8) is 0 Å². The van der Waals surface area contributed by atoms with Crippen LogP contribution in [0.3, 0.4) is 0 Å². The molecule has 0 amide bonds. The first-order valence-electron chi connectivity index (χ1n) is 4.95. The minimum absolute atomic E-state index is 0.656. The van der Waals surface area contributed by atoms with E-state index in [4.69, 9.17) is 5.84 Å². The van der Waals surface area contributed by atoms with Crippen molar-refractivity contribution in [1.82, 2.24) is 9.97 Å². The molecule has 1 aliphatic rings. The van der Waals surface area contributed by atoms with Crippen LogP contribution in [0.25, 0.3) is 0 Å². The van der Waals surface area contributed by atoms with Crippen molar-refractivity contribution in [3.8, 4) is 0 Å². The van der Waals surface area contributed by atoms with Crippen molar-refractivity contribution in [2.75, 3.05) is 29.2 Å². The first kappa shape index (κ1) is 10.5. The number of hydrogen-bond acceptors (Lipinski definition) is 6. The Balaban J connectivity index is 2.13. The first-order chi connectivity index (χ1) is 7.29. The largest absolute Gasteiger partial charge is 0.355 e. The number of hydrogen-bond donors (Lipinski definition) is 2. The van der Waals surface area contributed by atoms with Crippen molar-refractivity contribution in [1.29, 1.82) is 0 Å². The third-order valence-electron chi connectivity index (χ3n) is 2.37. The van der Waals surface area contributed by atoms with Crippen LogP contribution >= 0.6 is 11.8 Å². The summed E-state index contributed by atoms with van der Waals surface area (Å²) in [4.78, 5) is 10.5. The summed E-state index contributed by atoms with van der Waals surface area (Å²) in [5.41, 5.74) is 2.53. The van der Waals surface area contributed by atoms with Gasteiger partial charge in [0, 0.05) is 30.2 Å². The van der Waals surface area contributed by atoms with Crippen molar-refractivity contribution in [2.45, 2.75) is 12.2 Å². The highest BCUT2D eigenvalue weighted by Crippen LogP contribution is 2.22. The van der Waals surface area contributed by atoms with Crippen molar-refractivity contribution in [2.24, 2.45) is 5.84 Å². The molecule has 1 fully saturated rings. The highest BCUT2D eigenvalue weighted by atomic mass is 32.2. The van der Waals surface area contributed by atoms with E-state index in [0.717, 1.165) is 24.7 Å². The first-order valence-corrected chi connectivity index (χ1v) is 5.99. The average Bonchev–Trinajstić information content (AvgIpc) is 2.29. The van der Waals surface area contributed by atoms with Gasteiger partial charge in [0.1, 0.15) is 18.0 Å². The Morgan fingerprint density at radius 3 is 3.20 bits per heavy atom. The highest BCUT2D eigenvalue weighted by molar-refractivity contribution is 8.00. The fraction of sp³-hybridized carbons (Fsp3) is 0.556. The summed E-state index contributed by atoms with van der Waals surface area (Å²) in [6, 6.07) is 1.88. The summed E-state index contributed by atoms with van der Waals surface area (Å²) < 4.78 is 0. The van der Waals surface area contributed by atoms with Crippen LogP contribution in [0.2, 0.25) is 0 Å². The predicted octanol–water partition coefficient (Wildman–Crippen LogP) is 0.704. The quantitative estimate of drug-likeness (QED) is 0.570. The number of nitrogen functional groups attached to an aromatic ring is 1. The number of nitrogens with one attached hydrogen (secondary N) is 1. The molecule has 82 valence electrons. The number of aromatic nitrogens is 2. The van der Waals surface area contributed by atoms with Gasteiger partial charge in [0.25, 0.3) is 0 Å². The third kappa shape index (κ3) is 2.51. The van der Waals surface area contributed by atoms with Crippen molar-refractivity contribution in [3.05, 3.63) is 12.4 Å². The molecule has 1 aliphatic heterocycles. The molecule has 0 bridgehead atoms. The van der Waals surface area contributed by atoms with Gasteiger partial charge in [-0.25, -0.2) is 15.8 Å². The van der Waals surface area contributed by atoms with Gasteiger partial charge >= 0.3 is 0 Å². The Labute approximate surface area is 93.4 Å². The SMILES string of the molecule is CC1CN(c2cc(NN)ncn2)CCS1. The van der Waals surface area contributed by atoms with E-state index in [-0.39, 0.29) is 0 Å². The Hall–Kier alpha value is -1.01. The summed E-state index contributed by atoms with van der Waals surface area (Å²) >= 11 is 2.00. The zero-order valence-electron chi connectivity index (χ0n) is 8.68. The summed E-state index contributed by atoms with van der Waals surface area (Å²) in [7, 11) is 0. The van der Waals surface area contributed by atoms with Gasteiger partial charge in [0.15, 0.2) is 0 Å². The molecular weight excluding hydrogens is 210 g/mol. The second-order valence-corrected chi connectivity index (χ2v) is 5.08. The van der Waals surface area contributed by atoms with Crippen LogP contribution in [0.1, 0.15) is 6.92 Å². The molecule has 1 atom stereocenters. The van der Waals surface area contributed by atoms with Gasteiger partial charge < -0.3 is 10.3 Å². The van der Waals surface area contributed by atoms with E-state index < -0.39 is 0 Å². The molecule has 6 heteroatoms. The Bertz CT molecular complexity index is 332. The van der Waals surface area contributed by atoms with Gasteiger partial charge in [0.05, 0.1) is 0 Å². The maximum Gasteiger partial charge on any atom is 0.145 e. The minimum atomic E-state index is 0.656. The van der Waals surface area contributed by atoms with Crippen LogP contribution in [0, 0.1) is 0 Å². The van der Waals surface area contributed by atoms with Crippen molar-refractivity contribution >= 4 is 23.4 Å². The normalized spacial score (nSPS) is 21.5. The number of hydrazine groups is 1. The number of nitrogens with two attached hydrogens (primary N) is 1. The fourth-order valence-corrected chi connectivity index (χ4v) is 2.64. The molecule has 0 saturated carbocycles. The minimum Gasteiger partial charge on any atom is -0.355 e. The summed E-state index contributed by atoms with van der Waals surface area (Å²) in [6.07, 6.45) is 1.54. The lowest BCUT2D eigenvalue weighted by molar-refractivity contribution is 0.768. The molecule has 0 aromatic carbocycles. The van der Waals surface area contributed by atoms with Gasteiger partial charge in [-0.1, -0.05) is 6.92 Å². The zero-order valence-corrected chi connectivity index (χ0v) is 9.50.